The number of piperazine rings is 1. The van der Waals surface area contributed by atoms with E-state index in [1.807, 2.05) is 54.6 Å². The lowest BCUT2D eigenvalue weighted by molar-refractivity contribution is -0.128. The lowest BCUT2D eigenvalue weighted by Crippen LogP contribution is -2.68. The zero-order chi connectivity index (χ0) is 21.1. The van der Waals surface area contributed by atoms with Gasteiger partial charge in [-0.1, -0.05) is 18.2 Å². The molecule has 3 saturated heterocycles. The summed E-state index contributed by atoms with van der Waals surface area (Å²) in [5.74, 6) is 1.60. The highest BCUT2D eigenvalue weighted by atomic mass is 16.5. The number of para-hydroxylation sites is 1. The minimum atomic E-state index is 0.0500. The van der Waals surface area contributed by atoms with Gasteiger partial charge in [-0.25, -0.2) is 0 Å². The van der Waals surface area contributed by atoms with Crippen LogP contribution in [0.15, 0.2) is 54.6 Å². The van der Waals surface area contributed by atoms with Crippen molar-refractivity contribution >= 4 is 11.6 Å². The summed E-state index contributed by atoms with van der Waals surface area (Å²) in [5, 5.41) is 3.08. The molecular weight excluding hydrogens is 390 g/mol. The standard InChI is InChI=1S/C25H31N3O3/c29-24(26-20-8-10-22(11-9-20)31-21-5-2-1-3-6-21)19-28-16-15-27-14-4-7-23(27)25(28)12-17-30-18-13-25/h1-3,5-6,8-11,23H,4,7,12-19H2,(H,26,29)/t23-/m1/s1. The normalized spacial score (nSPS) is 23.4. The predicted molar refractivity (Wildman–Crippen MR) is 121 cm³/mol. The number of carbonyl (C=O) groups excluding carboxylic acids is 1. The second kappa shape index (κ2) is 8.99. The lowest BCUT2D eigenvalue weighted by Gasteiger charge is -2.56. The first-order valence-corrected chi connectivity index (χ1v) is 11.4. The third kappa shape index (κ3) is 4.33. The van der Waals surface area contributed by atoms with E-state index in [9.17, 15) is 4.79 Å². The highest BCUT2D eigenvalue weighted by Gasteiger charge is 2.51. The number of carbonyl (C=O) groups is 1. The minimum absolute atomic E-state index is 0.0500. The highest BCUT2D eigenvalue weighted by molar-refractivity contribution is 5.92. The molecule has 3 fully saturated rings. The molecule has 3 heterocycles. The molecule has 3 aliphatic rings. The summed E-state index contributed by atoms with van der Waals surface area (Å²) in [7, 11) is 0. The smallest absolute Gasteiger partial charge is 0.238 e. The van der Waals surface area contributed by atoms with E-state index in [0.717, 1.165) is 56.3 Å². The Hall–Kier alpha value is -2.41. The number of anilines is 1. The Bertz CT molecular complexity index is 881. The molecule has 1 amide bonds. The van der Waals surface area contributed by atoms with Crippen LogP contribution in [0.2, 0.25) is 0 Å². The Balaban J connectivity index is 1.22. The van der Waals surface area contributed by atoms with Crippen LogP contribution in [0.4, 0.5) is 5.69 Å². The van der Waals surface area contributed by atoms with Crippen molar-refractivity contribution in [2.45, 2.75) is 37.3 Å². The molecule has 0 radical (unpaired) electrons. The average molecular weight is 422 g/mol. The number of nitrogens with zero attached hydrogens (tertiary/aromatic N) is 2. The molecule has 6 nitrogen and oxygen atoms in total. The van der Waals surface area contributed by atoms with Gasteiger partial charge in [0.2, 0.25) is 5.91 Å². The molecule has 0 unspecified atom stereocenters. The average Bonchev–Trinajstić information content (AvgIpc) is 3.29. The molecule has 0 aromatic heterocycles. The molecular formula is C25H31N3O3. The first-order chi connectivity index (χ1) is 15.2. The third-order valence-electron chi connectivity index (χ3n) is 7.08. The quantitative estimate of drug-likeness (QED) is 0.797. The van der Waals surface area contributed by atoms with Crippen LogP contribution in [0.25, 0.3) is 0 Å². The summed E-state index contributed by atoms with van der Waals surface area (Å²) in [6.07, 6.45) is 4.55. The van der Waals surface area contributed by atoms with Gasteiger partial charge in [0.05, 0.1) is 6.54 Å². The van der Waals surface area contributed by atoms with Gasteiger partial charge in [0.15, 0.2) is 0 Å². The van der Waals surface area contributed by atoms with Crippen LogP contribution in [-0.4, -0.2) is 66.7 Å². The number of benzene rings is 2. The SMILES string of the molecule is O=C(CN1CCN2CCC[C@@H]2C12CCOCC2)Nc1ccc(Oc2ccccc2)cc1. The molecule has 1 N–H and O–H groups in total. The Kier molecular flexibility index (Phi) is 5.94. The maximum absolute atomic E-state index is 12.9. The molecule has 5 rings (SSSR count). The third-order valence-corrected chi connectivity index (χ3v) is 7.08. The summed E-state index contributed by atoms with van der Waals surface area (Å²) in [6, 6.07) is 17.8. The van der Waals surface area contributed by atoms with Crippen molar-refractivity contribution in [2.24, 2.45) is 0 Å². The molecule has 1 spiro atoms. The number of hydrogen-bond donors (Lipinski definition) is 1. The molecule has 1 atom stereocenters. The molecule has 2 aromatic carbocycles. The minimum Gasteiger partial charge on any atom is -0.457 e. The number of nitrogens with one attached hydrogen (secondary N) is 1. The molecule has 6 heteroatoms. The van der Waals surface area contributed by atoms with Gasteiger partial charge in [0.25, 0.3) is 0 Å². The molecule has 0 aliphatic carbocycles. The van der Waals surface area contributed by atoms with Crippen molar-refractivity contribution in [3.8, 4) is 11.5 Å². The number of ether oxygens (including phenoxy) is 2. The maximum Gasteiger partial charge on any atom is 0.238 e. The van der Waals surface area contributed by atoms with E-state index in [1.165, 1.54) is 19.4 Å². The van der Waals surface area contributed by atoms with Gasteiger partial charge in [-0.15, -0.1) is 0 Å². The first kappa shape index (κ1) is 20.5. The van der Waals surface area contributed by atoms with Gasteiger partial charge in [0, 0.05) is 43.6 Å². The van der Waals surface area contributed by atoms with E-state index < -0.39 is 0 Å². The summed E-state index contributed by atoms with van der Waals surface area (Å²) < 4.78 is 11.5. The Labute approximate surface area is 184 Å². The Morgan fingerprint density at radius 2 is 1.74 bits per heavy atom. The van der Waals surface area contributed by atoms with Crippen molar-refractivity contribution in [2.75, 3.05) is 44.7 Å². The zero-order valence-electron chi connectivity index (χ0n) is 18.0. The highest BCUT2D eigenvalue weighted by Crippen LogP contribution is 2.41. The zero-order valence-corrected chi connectivity index (χ0v) is 18.0. The lowest BCUT2D eigenvalue weighted by atomic mass is 9.78. The van der Waals surface area contributed by atoms with Crippen molar-refractivity contribution < 1.29 is 14.3 Å². The molecule has 164 valence electrons. The van der Waals surface area contributed by atoms with E-state index in [2.05, 4.69) is 15.1 Å². The Morgan fingerprint density at radius 3 is 2.52 bits per heavy atom. The second-order valence-corrected chi connectivity index (χ2v) is 8.82. The topological polar surface area (TPSA) is 54.0 Å². The molecule has 0 bridgehead atoms. The fourth-order valence-corrected chi connectivity index (χ4v) is 5.60. The van der Waals surface area contributed by atoms with Gasteiger partial charge in [-0.05, 0) is 68.6 Å². The van der Waals surface area contributed by atoms with Gasteiger partial charge in [0.1, 0.15) is 11.5 Å². The number of rotatable bonds is 5. The predicted octanol–water partition coefficient (Wildman–Crippen LogP) is 3.75. The largest absolute Gasteiger partial charge is 0.457 e. The van der Waals surface area contributed by atoms with E-state index in [0.29, 0.717) is 12.6 Å². The van der Waals surface area contributed by atoms with E-state index in [-0.39, 0.29) is 11.4 Å². The van der Waals surface area contributed by atoms with Crippen LogP contribution in [-0.2, 0) is 9.53 Å². The second-order valence-electron chi connectivity index (χ2n) is 8.82. The summed E-state index contributed by atoms with van der Waals surface area (Å²) in [4.78, 5) is 18.0. The van der Waals surface area contributed by atoms with Gasteiger partial charge in [-0.3, -0.25) is 14.6 Å². The van der Waals surface area contributed by atoms with Crippen molar-refractivity contribution in [3.05, 3.63) is 54.6 Å². The molecule has 3 aliphatic heterocycles. The summed E-state index contributed by atoms with van der Waals surface area (Å²) >= 11 is 0. The van der Waals surface area contributed by atoms with Crippen LogP contribution in [0.5, 0.6) is 11.5 Å². The van der Waals surface area contributed by atoms with Crippen LogP contribution < -0.4 is 10.1 Å². The van der Waals surface area contributed by atoms with Crippen LogP contribution in [0.3, 0.4) is 0 Å². The van der Waals surface area contributed by atoms with Crippen LogP contribution >= 0.6 is 0 Å². The summed E-state index contributed by atoms with van der Waals surface area (Å²) in [6.45, 7) is 5.24. The number of hydrogen-bond acceptors (Lipinski definition) is 5. The van der Waals surface area contributed by atoms with E-state index in [4.69, 9.17) is 9.47 Å². The van der Waals surface area contributed by atoms with Gasteiger partial charge in [-0.2, -0.15) is 0 Å². The van der Waals surface area contributed by atoms with E-state index in [1.54, 1.807) is 0 Å². The van der Waals surface area contributed by atoms with Crippen molar-refractivity contribution in [3.63, 3.8) is 0 Å². The van der Waals surface area contributed by atoms with Crippen molar-refractivity contribution in [1.29, 1.82) is 0 Å². The fraction of sp³-hybridized carbons (Fsp3) is 0.480. The first-order valence-electron chi connectivity index (χ1n) is 11.4. The fourth-order valence-electron chi connectivity index (χ4n) is 5.60. The molecule has 0 saturated carbocycles. The van der Waals surface area contributed by atoms with Crippen molar-refractivity contribution in [1.82, 2.24) is 9.80 Å². The molecule has 31 heavy (non-hydrogen) atoms. The van der Waals surface area contributed by atoms with Gasteiger partial charge >= 0.3 is 0 Å². The Morgan fingerprint density at radius 1 is 1.00 bits per heavy atom. The van der Waals surface area contributed by atoms with Crippen LogP contribution in [0, 0.1) is 0 Å². The monoisotopic (exact) mass is 421 g/mol. The van der Waals surface area contributed by atoms with Gasteiger partial charge < -0.3 is 14.8 Å². The molecule has 2 aromatic rings. The summed E-state index contributed by atoms with van der Waals surface area (Å²) in [5.41, 5.74) is 0.878. The van der Waals surface area contributed by atoms with Crippen LogP contribution in [0.1, 0.15) is 25.7 Å². The maximum atomic E-state index is 12.9. The number of fused-ring (bicyclic) bond motifs is 2. The van der Waals surface area contributed by atoms with E-state index >= 15 is 0 Å². The number of amides is 1.